The van der Waals surface area contributed by atoms with Crippen LogP contribution in [0, 0.1) is 6.92 Å². The predicted octanol–water partition coefficient (Wildman–Crippen LogP) is 2.84. The van der Waals surface area contributed by atoms with E-state index in [0.29, 0.717) is 0 Å². The lowest BCUT2D eigenvalue weighted by Crippen LogP contribution is -2.21. The highest BCUT2D eigenvalue weighted by molar-refractivity contribution is 5.47. The van der Waals surface area contributed by atoms with Crippen molar-refractivity contribution in [3.8, 4) is 0 Å². The molecule has 0 saturated carbocycles. The van der Waals surface area contributed by atoms with Crippen LogP contribution in [0.15, 0.2) is 24.3 Å². The van der Waals surface area contributed by atoms with Gasteiger partial charge in [-0.2, -0.15) is 0 Å². The van der Waals surface area contributed by atoms with E-state index in [1.807, 2.05) is 0 Å². The van der Waals surface area contributed by atoms with E-state index in [1.54, 1.807) is 0 Å². The van der Waals surface area contributed by atoms with E-state index >= 15 is 0 Å². The minimum atomic E-state index is 1.08. The van der Waals surface area contributed by atoms with Gasteiger partial charge in [-0.3, -0.25) is 0 Å². The smallest absolute Gasteiger partial charge is 0.0366 e. The summed E-state index contributed by atoms with van der Waals surface area (Å²) in [6.45, 7) is 8.65. The molecule has 0 aliphatic heterocycles. The second-order valence-corrected chi connectivity index (χ2v) is 3.01. The Balaban J connectivity index is 2.80. The SMILES string of the molecule is CCN(CC)c1ccc(C)cc1. The van der Waals surface area contributed by atoms with E-state index in [0.717, 1.165) is 13.1 Å². The standard InChI is InChI=1S/C11H17N/c1-4-12(5-2)11-8-6-10(3)7-9-11/h6-9H,4-5H2,1-3H3. The third-order valence-corrected chi connectivity index (χ3v) is 2.16. The lowest BCUT2D eigenvalue weighted by atomic mass is 10.2. The molecule has 12 heavy (non-hydrogen) atoms. The first-order chi connectivity index (χ1) is 5.77. The van der Waals surface area contributed by atoms with Crippen LogP contribution in [0.3, 0.4) is 0 Å². The van der Waals surface area contributed by atoms with Crippen LogP contribution in [0.25, 0.3) is 0 Å². The second-order valence-electron chi connectivity index (χ2n) is 3.01. The van der Waals surface area contributed by atoms with Gasteiger partial charge in [-0.1, -0.05) is 17.7 Å². The summed E-state index contributed by atoms with van der Waals surface area (Å²) in [5.74, 6) is 0. The Hall–Kier alpha value is -0.980. The van der Waals surface area contributed by atoms with Gasteiger partial charge in [0.2, 0.25) is 0 Å². The highest BCUT2D eigenvalue weighted by Crippen LogP contribution is 2.13. The van der Waals surface area contributed by atoms with E-state index in [9.17, 15) is 0 Å². The molecule has 0 aliphatic carbocycles. The van der Waals surface area contributed by atoms with E-state index in [-0.39, 0.29) is 0 Å². The molecule has 1 aromatic rings. The van der Waals surface area contributed by atoms with Gasteiger partial charge in [-0.25, -0.2) is 0 Å². The van der Waals surface area contributed by atoms with Gasteiger partial charge in [-0.15, -0.1) is 0 Å². The number of anilines is 1. The first kappa shape index (κ1) is 9.11. The Kier molecular flexibility index (Phi) is 3.15. The maximum Gasteiger partial charge on any atom is 0.0366 e. The zero-order valence-corrected chi connectivity index (χ0v) is 8.17. The molecule has 0 radical (unpaired) electrons. The number of nitrogens with zero attached hydrogens (tertiary/aromatic N) is 1. The first-order valence-electron chi connectivity index (χ1n) is 4.59. The minimum absolute atomic E-state index is 1.08. The predicted molar refractivity (Wildman–Crippen MR) is 54.7 cm³/mol. The van der Waals surface area contributed by atoms with E-state index in [4.69, 9.17) is 0 Å². The summed E-state index contributed by atoms with van der Waals surface area (Å²) < 4.78 is 0. The highest BCUT2D eigenvalue weighted by Gasteiger charge is 1.98. The average molecular weight is 163 g/mol. The van der Waals surface area contributed by atoms with E-state index in [2.05, 4.69) is 49.9 Å². The normalized spacial score (nSPS) is 9.92. The number of hydrogen-bond donors (Lipinski definition) is 0. The van der Waals surface area contributed by atoms with Crippen molar-refractivity contribution in [2.45, 2.75) is 20.8 Å². The Labute approximate surface area is 75.0 Å². The van der Waals surface area contributed by atoms with E-state index in [1.165, 1.54) is 11.3 Å². The molecule has 0 bridgehead atoms. The molecule has 0 spiro atoms. The van der Waals surface area contributed by atoms with Crippen LogP contribution >= 0.6 is 0 Å². The molecule has 66 valence electrons. The molecule has 0 aromatic heterocycles. The molecule has 0 N–H and O–H groups in total. The molecule has 0 unspecified atom stereocenters. The van der Waals surface area contributed by atoms with Crippen molar-refractivity contribution in [3.05, 3.63) is 29.8 Å². The largest absolute Gasteiger partial charge is 0.372 e. The van der Waals surface area contributed by atoms with Crippen LogP contribution in [-0.4, -0.2) is 13.1 Å². The fraction of sp³-hybridized carbons (Fsp3) is 0.455. The summed E-state index contributed by atoms with van der Waals surface area (Å²) in [4.78, 5) is 2.35. The zero-order valence-electron chi connectivity index (χ0n) is 8.17. The molecule has 0 amide bonds. The lowest BCUT2D eigenvalue weighted by Gasteiger charge is -2.20. The van der Waals surface area contributed by atoms with Crippen molar-refractivity contribution in [1.82, 2.24) is 0 Å². The van der Waals surface area contributed by atoms with Crippen LogP contribution < -0.4 is 4.90 Å². The summed E-state index contributed by atoms with van der Waals surface area (Å²) in [6.07, 6.45) is 0. The van der Waals surface area contributed by atoms with E-state index < -0.39 is 0 Å². The quantitative estimate of drug-likeness (QED) is 0.662. The Morgan fingerprint density at radius 2 is 1.50 bits per heavy atom. The van der Waals surface area contributed by atoms with Crippen molar-refractivity contribution in [2.75, 3.05) is 18.0 Å². The van der Waals surface area contributed by atoms with Crippen LogP contribution in [0.1, 0.15) is 19.4 Å². The molecule has 0 aliphatic rings. The van der Waals surface area contributed by atoms with Gasteiger partial charge >= 0.3 is 0 Å². The van der Waals surface area contributed by atoms with Crippen molar-refractivity contribution in [2.24, 2.45) is 0 Å². The number of hydrogen-bond acceptors (Lipinski definition) is 1. The van der Waals surface area contributed by atoms with Gasteiger partial charge < -0.3 is 4.90 Å². The zero-order chi connectivity index (χ0) is 8.97. The van der Waals surface area contributed by atoms with Crippen molar-refractivity contribution in [1.29, 1.82) is 0 Å². The molecule has 0 saturated heterocycles. The molecule has 1 rings (SSSR count). The van der Waals surface area contributed by atoms with Crippen LogP contribution in [-0.2, 0) is 0 Å². The second kappa shape index (κ2) is 4.15. The molecule has 1 aromatic carbocycles. The van der Waals surface area contributed by atoms with Gasteiger partial charge in [0.15, 0.2) is 0 Å². The fourth-order valence-electron chi connectivity index (χ4n) is 1.34. The molecule has 0 heterocycles. The molecule has 0 fully saturated rings. The van der Waals surface area contributed by atoms with Crippen molar-refractivity contribution in [3.63, 3.8) is 0 Å². The Morgan fingerprint density at radius 1 is 1.00 bits per heavy atom. The summed E-state index contributed by atoms with van der Waals surface area (Å²) in [7, 11) is 0. The number of benzene rings is 1. The van der Waals surface area contributed by atoms with Gasteiger partial charge in [0.05, 0.1) is 0 Å². The Morgan fingerprint density at radius 3 is 1.92 bits per heavy atom. The third-order valence-electron chi connectivity index (χ3n) is 2.16. The molecule has 0 atom stereocenters. The van der Waals surface area contributed by atoms with Crippen LogP contribution in [0.5, 0.6) is 0 Å². The fourth-order valence-corrected chi connectivity index (χ4v) is 1.34. The van der Waals surface area contributed by atoms with Gasteiger partial charge in [0.25, 0.3) is 0 Å². The molecule has 1 nitrogen and oxygen atoms in total. The van der Waals surface area contributed by atoms with Crippen LogP contribution in [0.4, 0.5) is 5.69 Å². The number of aryl methyl sites for hydroxylation is 1. The van der Waals surface area contributed by atoms with Crippen molar-refractivity contribution >= 4 is 5.69 Å². The summed E-state index contributed by atoms with van der Waals surface area (Å²) in [6, 6.07) is 8.69. The maximum atomic E-state index is 2.35. The summed E-state index contributed by atoms with van der Waals surface area (Å²) >= 11 is 0. The van der Waals surface area contributed by atoms with Gasteiger partial charge in [0.1, 0.15) is 0 Å². The highest BCUT2D eigenvalue weighted by atomic mass is 15.1. The first-order valence-corrected chi connectivity index (χ1v) is 4.59. The third kappa shape index (κ3) is 2.00. The molecular formula is C11H17N. The maximum absolute atomic E-state index is 2.35. The summed E-state index contributed by atoms with van der Waals surface area (Å²) in [5, 5.41) is 0. The monoisotopic (exact) mass is 163 g/mol. The molecule has 1 heteroatoms. The Bertz CT molecular complexity index is 221. The molecular weight excluding hydrogens is 146 g/mol. The van der Waals surface area contributed by atoms with Crippen molar-refractivity contribution < 1.29 is 0 Å². The summed E-state index contributed by atoms with van der Waals surface area (Å²) in [5.41, 5.74) is 2.65. The minimum Gasteiger partial charge on any atom is -0.372 e. The topological polar surface area (TPSA) is 3.24 Å². The van der Waals surface area contributed by atoms with Crippen LogP contribution in [0.2, 0.25) is 0 Å². The van der Waals surface area contributed by atoms with Gasteiger partial charge in [-0.05, 0) is 32.9 Å². The number of rotatable bonds is 3. The lowest BCUT2D eigenvalue weighted by molar-refractivity contribution is 0.866. The van der Waals surface area contributed by atoms with Gasteiger partial charge in [0, 0.05) is 18.8 Å². The average Bonchev–Trinajstić information content (AvgIpc) is 2.10.